The molecule has 0 amide bonds. The fourth-order valence-electron chi connectivity index (χ4n) is 8.23. The molecule has 3 aliphatic rings. The molecule has 3 fully saturated rings. The van der Waals surface area contributed by atoms with Crippen LogP contribution in [0.25, 0.3) is 0 Å². The Morgan fingerprint density at radius 1 is 0.312 bits per heavy atom. The zero-order valence-electron chi connectivity index (χ0n) is 35.8. The van der Waals surface area contributed by atoms with Crippen LogP contribution in [0.15, 0.2) is 182 Å². The fourth-order valence-corrected chi connectivity index (χ4v) is 8.23. The van der Waals surface area contributed by atoms with Crippen LogP contribution in [0.1, 0.15) is 33.4 Å². The second-order valence-corrected chi connectivity index (χ2v) is 16.3. The molecule has 10 heteroatoms. The maximum atomic E-state index is 7.29. The molecule has 0 radical (unpaired) electrons. The molecule has 6 aromatic rings. The van der Waals surface area contributed by atoms with Gasteiger partial charge in [0.25, 0.3) is 0 Å². The quantitative estimate of drug-likeness (QED) is 0.0616. The molecule has 0 saturated carbocycles. The third-order valence-electron chi connectivity index (χ3n) is 11.6. The predicted molar refractivity (Wildman–Crippen MR) is 239 cm³/mol. The molecule has 332 valence electrons. The van der Waals surface area contributed by atoms with Gasteiger partial charge in [-0.25, -0.2) is 0 Å². The maximum absolute atomic E-state index is 7.29. The number of ether oxygens (including phenoxy) is 10. The number of hydrogen-bond donors (Lipinski definition) is 0. The Balaban J connectivity index is 1.05. The van der Waals surface area contributed by atoms with E-state index >= 15 is 0 Å². The molecule has 0 aliphatic carbocycles. The monoisotopic (exact) mass is 864 g/mol. The van der Waals surface area contributed by atoms with E-state index in [-0.39, 0.29) is 25.9 Å². The highest BCUT2D eigenvalue weighted by Gasteiger charge is 2.60. The van der Waals surface area contributed by atoms with Crippen LogP contribution in [0.4, 0.5) is 0 Å². The predicted octanol–water partition coefficient (Wildman–Crippen LogP) is 9.00. The van der Waals surface area contributed by atoms with Crippen molar-refractivity contribution in [2.24, 2.45) is 0 Å². The number of epoxide rings is 1. The van der Waals surface area contributed by atoms with E-state index in [1.807, 2.05) is 182 Å². The van der Waals surface area contributed by atoms with Crippen LogP contribution in [0.2, 0.25) is 0 Å². The maximum Gasteiger partial charge on any atom is 0.187 e. The van der Waals surface area contributed by atoms with Gasteiger partial charge in [-0.2, -0.15) is 0 Å². The number of benzene rings is 6. The first-order chi connectivity index (χ1) is 31.7. The fraction of sp³-hybridized carbons (Fsp3) is 0.333. The summed E-state index contributed by atoms with van der Waals surface area (Å²) in [6.45, 7) is 2.44. The van der Waals surface area contributed by atoms with Gasteiger partial charge in [0.05, 0.1) is 52.9 Å². The van der Waals surface area contributed by atoms with Crippen molar-refractivity contribution < 1.29 is 47.4 Å². The summed E-state index contributed by atoms with van der Waals surface area (Å²) < 4.78 is 67.5. The van der Waals surface area contributed by atoms with Crippen LogP contribution >= 0.6 is 0 Å². The minimum atomic E-state index is -0.991. The Kier molecular flexibility index (Phi) is 15.7. The molecule has 64 heavy (non-hydrogen) atoms. The topological polar surface area (TPSA) is 95.6 Å². The first kappa shape index (κ1) is 44.1. The largest absolute Gasteiger partial charge is 0.374 e. The van der Waals surface area contributed by atoms with Crippen LogP contribution < -0.4 is 0 Å². The standard InChI is InChI=1S/C54H56O10/c1-7-19-39(20-8-1)31-55-37-45-47(57-33-41-23-11-3-12-24-41)49(58-34-42-25-13-4-14-26-42)51(60-36-44-29-17-6-18-30-44)53(61-45)63-48-46(38-56-32-40-21-9-2-10-22-40)62-54-52(64-54)50(48)59-35-43-27-15-5-16-28-43/h1-30,45-54H,31-38H2/t45-,46-,47+,48-,49+,50+,51-,52-,53+,54-/m1/s1. The Hall–Kier alpha value is -5.08. The van der Waals surface area contributed by atoms with E-state index < -0.39 is 55.3 Å². The average molecular weight is 865 g/mol. The summed E-state index contributed by atoms with van der Waals surface area (Å²) in [5, 5.41) is 0. The van der Waals surface area contributed by atoms with Crippen LogP contribution in [0.5, 0.6) is 0 Å². The molecule has 6 aromatic carbocycles. The molecule has 0 aromatic heterocycles. The average Bonchev–Trinajstić information content (AvgIpc) is 4.14. The summed E-state index contributed by atoms with van der Waals surface area (Å²) in [7, 11) is 0. The number of rotatable bonds is 22. The Labute approximate surface area is 375 Å². The lowest BCUT2D eigenvalue weighted by Gasteiger charge is -2.48. The van der Waals surface area contributed by atoms with E-state index in [4.69, 9.17) is 47.4 Å². The molecule has 9 rings (SSSR count). The molecule has 0 N–H and O–H groups in total. The molecule has 10 nitrogen and oxygen atoms in total. The third-order valence-corrected chi connectivity index (χ3v) is 11.6. The molecular formula is C54H56O10. The van der Waals surface area contributed by atoms with Gasteiger partial charge < -0.3 is 47.4 Å². The molecule has 3 heterocycles. The second-order valence-electron chi connectivity index (χ2n) is 16.3. The summed E-state index contributed by atoms with van der Waals surface area (Å²) in [6.07, 6.45) is -6.30. The second kappa shape index (κ2) is 22.7. The van der Waals surface area contributed by atoms with Gasteiger partial charge in [0.2, 0.25) is 0 Å². The van der Waals surface area contributed by atoms with Crippen molar-refractivity contribution in [1.82, 2.24) is 0 Å². The number of fused-ring (bicyclic) bond motifs is 1. The normalized spacial score (nSPS) is 26.2. The zero-order chi connectivity index (χ0) is 43.2. The Morgan fingerprint density at radius 2 is 0.656 bits per heavy atom. The molecule has 10 atom stereocenters. The van der Waals surface area contributed by atoms with E-state index in [9.17, 15) is 0 Å². The third kappa shape index (κ3) is 12.2. The van der Waals surface area contributed by atoms with Crippen molar-refractivity contribution in [3.63, 3.8) is 0 Å². The SMILES string of the molecule is c1ccc(COC[C@H]2O[C@@H](O[C@H]3[C@H](OCc4ccccc4)[C@H]4O[C@H]4O[C@@H]3COCc3ccccc3)[C@H](OCc3ccccc3)[C@@H](OCc3ccccc3)[C@H]2OCc2ccccc2)cc1. The lowest BCUT2D eigenvalue weighted by Crippen LogP contribution is -2.64. The number of hydrogen-bond acceptors (Lipinski definition) is 10. The van der Waals surface area contributed by atoms with Gasteiger partial charge in [-0.3, -0.25) is 0 Å². The van der Waals surface area contributed by atoms with E-state index in [0.717, 1.165) is 33.4 Å². The van der Waals surface area contributed by atoms with Gasteiger partial charge in [-0.05, 0) is 33.4 Å². The first-order valence-electron chi connectivity index (χ1n) is 22.2. The van der Waals surface area contributed by atoms with Gasteiger partial charge in [-0.1, -0.05) is 182 Å². The van der Waals surface area contributed by atoms with Crippen LogP contribution in [-0.4, -0.2) is 74.6 Å². The smallest absolute Gasteiger partial charge is 0.187 e. The van der Waals surface area contributed by atoms with Crippen molar-refractivity contribution in [3.8, 4) is 0 Å². The van der Waals surface area contributed by atoms with Crippen LogP contribution in [0.3, 0.4) is 0 Å². The van der Waals surface area contributed by atoms with E-state index in [2.05, 4.69) is 0 Å². The van der Waals surface area contributed by atoms with Crippen molar-refractivity contribution in [2.75, 3.05) is 13.2 Å². The highest BCUT2D eigenvalue weighted by atomic mass is 16.8. The summed E-state index contributed by atoms with van der Waals surface area (Å²) in [5.74, 6) is 0. The highest BCUT2D eigenvalue weighted by molar-refractivity contribution is 5.18. The van der Waals surface area contributed by atoms with Gasteiger partial charge in [0, 0.05) is 0 Å². The lowest BCUT2D eigenvalue weighted by atomic mass is 9.96. The van der Waals surface area contributed by atoms with Gasteiger partial charge in [0.15, 0.2) is 12.6 Å². The minimum Gasteiger partial charge on any atom is -0.374 e. The van der Waals surface area contributed by atoms with Gasteiger partial charge in [0.1, 0.15) is 48.8 Å². The van der Waals surface area contributed by atoms with Crippen molar-refractivity contribution >= 4 is 0 Å². The van der Waals surface area contributed by atoms with E-state index in [0.29, 0.717) is 33.0 Å². The molecule has 3 aliphatic heterocycles. The van der Waals surface area contributed by atoms with Crippen LogP contribution in [-0.2, 0) is 87.0 Å². The minimum absolute atomic E-state index is 0.192. The zero-order valence-corrected chi connectivity index (χ0v) is 35.8. The van der Waals surface area contributed by atoms with E-state index in [1.165, 1.54) is 0 Å². The molecule has 0 spiro atoms. The van der Waals surface area contributed by atoms with Crippen LogP contribution in [0, 0.1) is 0 Å². The molecule has 3 saturated heterocycles. The van der Waals surface area contributed by atoms with E-state index in [1.54, 1.807) is 0 Å². The summed E-state index contributed by atoms with van der Waals surface area (Å²) in [5.41, 5.74) is 6.14. The van der Waals surface area contributed by atoms with Gasteiger partial charge in [-0.15, -0.1) is 0 Å². The van der Waals surface area contributed by atoms with Crippen molar-refractivity contribution in [2.45, 2.75) is 101 Å². The van der Waals surface area contributed by atoms with Crippen molar-refractivity contribution in [1.29, 1.82) is 0 Å². The Bertz CT molecular complexity index is 2220. The van der Waals surface area contributed by atoms with Gasteiger partial charge >= 0.3 is 0 Å². The first-order valence-corrected chi connectivity index (χ1v) is 22.2. The molecule has 0 unspecified atom stereocenters. The Morgan fingerprint density at radius 3 is 1.08 bits per heavy atom. The lowest BCUT2D eigenvalue weighted by molar-refractivity contribution is -0.351. The summed E-state index contributed by atoms with van der Waals surface area (Å²) in [6, 6.07) is 60.5. The molecule has 0 bridgehead atoms. The molecular weight excluding hydrogens is 809 g/mol. The summed E-state index contributed by atoms with van der Waals surface area (Å²) >= 11 is 0. The summed E-state index contributed by atoms with van der Waals surface area (Å²) in [4.78, 5) is 0. The van der Waals surface area contributed by atoms with Crippen molar-refractivity contribution in [3.05, 3.63) is 215 Å². The highest BCUT2D eigenvalue weighted by Crippen LogP contribution is 2.41.